The van der Waals surface area contributed by atoms with Gasteiger partial charge in [0.15, 0.2) is 5.75 Å². The molecular formula is C25H31F3N4O4. The summed E-state index contributed by atoms with van der Waals surface area (Å²) in [5.74, 6) is -0.236. The third kappa shape index (κ3) is 6.46. The average molecular weight is 509 g/mol. The van der Waals surface area contributed by atoms with Gasteiger partial charge in [-0.15, -0.1) is 0 Å². The summed E-state index contributed by atoms with van der Waals surface area (Å²) in [5, 5.41) is 14.9. The van der Waals surface area contributed by atoms with Crippen LogP contribution in [0.2, 0.25) is 0 Å². The molecule has 11 heteroatoms. The van der Waals surface area contributed by atoms with Crippen molar-refractivity contribution in [1.82, 2.24) is 9.80 Å². The van der Waals surface area contributed by atoms with E-state index in [1.165, 1.54) is 0 Å². The van der Waals surface area contributed by atoms with Crippen LogP contribution in [0.25, 0.3) is 0 Å². The number of likely N-dealkylation sites (N-methyl/N-ethyl adjacent to an activating group) is 1. The number of aliphatic hydroxyl groups excluding tert-OH is 1. The molecule has 2 aromatic rings. The number of benzene rings is 2. The van der Waals surface area contributed by atoms with Crippen molar-refractivity contribution in [3.05, 3.63) is 53.6 Å². The highest BCUT2D eigenvalue weighted by Gasteiger charge is 2.34. The van der Waals surface area contributed by atoms with Crippen molar-refractivity contribution >= 4 is 23.3 Å². The Morgan fingerprint density at radius 2 is 1.86 bits per heavy atom. The summed E-state index contributed by atoms with van der Waals surface area (Å²) < 4.78 is 44.7. The molecular weight excluding hydrogens is 477 g/mol. The summed E-state index contributed by atoms with van der Waals surface area (Å²) in [4.78, 5) is 29.7. The van der Waals surface area contributed by atoms with E-state index in [0.717, 1.165) is 24.3 Å². The number of carbonyl (C=O) groups is 2. The molecule has 0 saturated carbocycles. The van der Waals surface area contributed by atoms with Gasteiger partial charge < -0.3 is 30.3 Å². The molecule has 196 valence electrons. The van der Waals surface area contributed by atoms with Gasteiger partial charge in [0.25, 0.3) is 5.91 Å². The van der Waals surface area contributed by atoms with Crippen LogP contribution >= 0.6 is 0 Å². The number of nitrogens with zero attached hydrogens (tertiary/aromatic N) is 2. The highest BCUT2D eigenvalue weighted by atomic mass is 19.4. The third-order valence-electron chi connectivity index (χ3n) is 5.95. The van der Waals surface area contributed by atoms with Crippen LogP contribution in [-0.4, -0.2) is 72.8 Å². The van der Waals surface area contributed by atoms with E-state index in [1.807, 2.05) is 25.9 Å². The fourth-order valence-corrected chi connectivity index (χ4v) is 3.95. The molecule has 0 spiro atoms. The Labute approximate surface area is 208 Å². The van der Waals surface area contributed by atoms with Gasteiger partial charge in [0.05, 0.1) is 29.5 Å². The van der Waals surface area contributed by atoms with E-state index in [-0.39, 0.29) is 47.2 Å². The number of rotatable bonds is 6. The third-order valence-corrected chi connectivity index (χ3v) is 5.95. The van der Waals surface area contributed by atoms with E-state index in [4.69, 9.17) is 4.74 Å². The number of ether oxygens (including phenoxy) is 1. The number of halogens is 3. The number of amides is 3. The molecule has 3 atom stereocenters. The van der Waals surface area contributed by atoms with Crippen LogP contribution in [0.1, 0.15) is 29.8 Å². The zero-order valence-electron chi connectivity index (χ0n) is 20.6. The number of nitrogens with one attached hydrogen (secondary N) is 2. The highest BCUT2D eigenvalue weighted by molar-refractivity contribution is 6.04. The molecule has 3 amide bonds. The minimum Gasteiger partial charge on any atom is -0.486 e. The maximum atomic E-state index is 13.4. The van der Waals surface area contributed by atoms with Crippen LogP contribution < -0.4 is 15.4 Å². The number of aliphatic hydroxyl groups is 1. The van der Waals surface area contributed by atoms with E-state index >= 15 is 0 Å². The standard InChI is InChI=1S/C25H31F3N4O4/c1-15-12-32(16(2)14-33)23(34)19-6-5-7-20(22(19)36-21(15)13-31(3)4)30-24(35)29-18-10-8-17(9-11-18)25(26,27)28/h5-11,15-16,21,33H,12-14H2,1-4H3,(H2,29,30,35)/t15-,16+,21+/m1/s1. The number of anilines is 2. The molecule has 1 aliphatic heterocycles. The van der Waals surface area contributed by atoms with Crippen LogP contribution in [-0.2, 0) is 6.18 Å². The molecule has 0 saturated heterocycles. The Bertz CT molecular complexity index is 1080. The quantitative estimate of drug-likeness (QED) is 0.546. The Balaban J connectivity index is 1.91. The smallest absolute Gasteiger partial charge is 0.416 e. The first-order valence-corrected chi connectivity index (χ1v) is 11.5. The fraction of sp³-hybridized carbons (Fsp3) is 0.440. The molecule has 0 aliphatic carbocycles. The predicted molar refractivity (Wildman–Crippen MR) is 130 cm³/mol. The summed E-state index contributed by atoms with van der Waals surface area (Å²) in [6.07, 6.45) is -4.81. The van der Waals surface area contributed by atoms with Crippen molar-refractivity contribution in [2.24, 2.45) is 5.92 Å². The Morgan fingerprint density at radius 3 is 2.44 bits per heavy atom. The number of urea groups is 1. The van der Waals surface area contributed by atoms with Crippen molar-refractivity contribution in [3.8, 4) is 5.75 Å². The van der Waals surface area contributed by atoms with E-state index in [9.17, 15) is 27.9 Å². The van der Waals surface area contributed by atoms with Crippen LogP contribution in [0, 0.1) is 5.92 Å². The van der Waals surface area contributed by atoms with Gasteiger partial charge in [0, 0.05) is 24.7 Å². The van der Waals surface area contributed by atoms with E-state index in [2.05, 4.69) is 10.6 Å². The summed E-state index contributed by atoms with van der Waals surface area (Å²) in [5.41, 5.74) is -0.191. The van der Waals surface area contributed by atoms with Crippen LogP contribution in [0.4, 0.5) is 29.3 Å². The zero-order valence-corrected chi connectivity index (χ0v) is 20.6. The first kappa shape index (κ1) is 27.3. The maximum absolute atomic E-state index is 13.4. The Morgan fingerprint density at radius 1 is 1.19 bits per heavy atom. The van der Waals surface area contributed by atoms with Crippen LogP contribution in [0.5, 0.6) is 5.75 Å². The molecule has 3 rings (SSSR count). The fourth-order valence-electron chi connectivity index (χ4n) is 3.95. The lowest BCUT2D eigenvalue weighted by Gasteiger charge is -2.38. The lowest BCUT2D eigenvalue weighted by atomic mass is 9.99. The number of hydrogen-bond donors (Lipinski definition) is 3. The molecule has 1 heterocycles. The van der Waals surface area contributed by atoms with Crippen molar-refractivity contribution < 1.29 is 32.6 Å². The molecule has 8 nitrogen and oxygen atoms in total. The summed E-state index contributed by atoms with van der Waals surface area (Å²) >= 11 is 0. The van der Waals surface area contributed by atoms with Gasteiger partial charge in [-0.25, -0.2) is 4.79 Å². The Kier molecular flexibility index (Phi) is 8.47. The van der Waals surface area contributed by atoms with Crippen molar-refractivity contribution in [2.45, 2.75) is 32.2 Å². The molecule has 0 radical (unpaired) electrons. The topological polar surface area (TPSA) is 94.1 Å². The first-order valence-electron chi connectivity index (χ1n) is 11.5. The molecule has 0 bridgehead atoms. The number of hydrogen-bond acceptors (Lipinski definition) is 5. The lowest BCUT2D eigenvalue weighted by Crippen LogP contribution is -2.49. The van der Waals surface area contributed by atoms with Crippen LogP contribution in [0.15, 0.2) is 42.5 Å². The summed E-state index contributed by atoms with van der Waals surface area (Å²) in [6, 6.07) is 7.70. The second-order valence-electron chi connectivity index (χ2n) is 9.22. The SMILES string of the molecule is C[C@@H]1CN([C@@H](C)CO)C(=O)c2cccc(NC(=O)Nc3ccc(C(F)(F)F)cc3)c2O[C@H]1CN(C)C. The first-order chi connectivity index (χ1) is 16.9. The summed E-state index contributed by atoms with van der Waals surface area (Å²) in [6.45, 7) is 4.43. The lowest BCUT2D eigenvalue weighted by molar-refractivity contribution is -0.137. The van der Waals surface area contributed by atoms with Crippen molar-refractivity contribution in [2.75, 3.05) is 44.4 Å². The van der Waals surface area contributed by atoms with Crippen molar-refractivity contribution in [1.29, 1.82) is 0 Å². The van der Waals surface area contributed by atoms with Crippen molar-refractivity contribution in [3.63, 3.8) is 0 Å². The zero-order chi connectivity index (χ0) is 26.6. The number of alkyl halides is 3. The predicted octanol–water partition coefficient (Wildman–Crippen LogP) is 4.13. The maximum Gasteiger partial charge on any atom is 0.416 e. The molecule has 0 fully saturated rings. The summed E-state index contributed by atoms with van der Waals surface area (Å²) in [7, 11) is 3.80. The average Bonchev–Trinajstić information content (AvgIpc) is 2.80. The second kappa shape index (κ2) is 11.2. The number of para-hydroxylation sites is 1. The number of carbonyl (C=O) groups excluding carboxylic acids is 2. The minimum absolute atomic E-state index is 0.0903. The minimum atomic E-state index is -4.48. The normalized spacial score (nSPS) is 19.1. The van der Waals surface area contributed by atoms with Gasteiger partial charge in [0.1, 0.15) is 6.10 Å². The van der Waals surface area contributed by atoms with E-state index in [0.29, 0.717) is 13.1 Å². The molecule has 36 heavy (non-hydrogen) atoms. The van der Waals surface area contributed by atoms with Crippen LogP contribution in [0.3, 0.4) is 0 Å². The Hall–Kier alpha value is -3.31. The van der Waals surface area contributed by atoms with Gasteiger partial charge in [-0.3, -0.25) is 4.79 Å². The molecule has 0 unspecified atom stereocenters. The van der Waals surface area contributed by atoms with E-state index in [1.54, 1.807) is 30.0 Å². The molecule has 3 N–H and O–H groups in total. The monoisotopic (exact) mass is 508 g/mol. The molecule has 2 aromatic carbocycles. The largest absolute Gasteiger partial charge is 0.486 e. The second-order valence-corrected chi connectivity index (χ2v) is 9.22. The van der Waals surface area contributed by atoms with Gasteiger partial charge in [-0.2, -0.15) is 13.2 Å². The van der Waals surface area contributed by atoms with Gasteiger partial charge in [0.2, 0.25) is 0 Å². The molecule has 0 aromatic heterocycles. The van der Waals surface area contributed by atoms with Gasteiger partial charge >= 0.3 is 12.2 Å². The van der Waals surface area contributed by atoms with Gasteiger partial charge in [-0.1, -0.05) is 13.0 Å². The number of fused-ring (bicyclic) bond motifs is 1. The van der Waals surface area contributed by atoms with E-state index < -0.39 is 23.8 Å². The highest BCUT2D eigenvalue weighted by Crippen LogP contribution is 2.35. The molecule has 1 aliphatic rings. The van der Waals surface area contributed by atoms with Gasteiger partial charge in [-0.05, 0) is 57.4 Å².